The van der Waals surface area contributed by atoms with Crippen molar-refractivity contribution in [3.05, 3.63) is 96.1 Å². The monoisotopic (exact) mass is 364 g/mol. The van der Waals surface area contributed by atoms with Gasteiger partial charge in [0.25, 0.3) is 0 Å². The van der Waals surface area contributed by atoms with Gasteiger partial charge in [-0.25, -0.2) is 0 Å². The lowest BCUT2D eigenvalue weighted by Crippen LogP contribution is -1.98. The number of benzene rings is 4. The zero-order chi connectivity index (χ0) is 19.3. The van der Waals surface area contributed by atoms with Crippen molar-refractivity contribution >= 4 is 5.78 Å². The van der Waals surface area contributed by atoms with Gasteiger partial charge >= 0.3 is 0 Å². The Balaban J connectivity index is 2.00. The van der Waals surface area contributed by atoms with Gasteiger partial charge in [0.05, 0.1) is 5.56 Å². The minimum absolute atomic E-state index is 0.164. The fourth-order valence-electron chi connectivity index (χ4n) is 4.03. The van der Waals surface area contributed by atoms with Gasteiger partial charge in [-0.2, -0.15) is 0 Å². The van der Waals surface area contributed by atoms with Gasteiger partial charge in [0, 0.05) is 22.3 Å². The van der Waals surface area contributed by atoms with Crippen molar-refractivity contribution < 1.29 is 15.0 Å². The lowest BCUT2D eigenvalue weighted by Gasteiger charge is -2.19. The molecule has 0 bridgehead atoms. The van der Waals surface area contributed by atoms with Crippen molar-refractivity contribution in [2.45, 2.75) is 0 Å². The molecule has 2 N–H and O–H groups in total. The minimum Gasteiger partial charge on any atom is -0.504 e. The van der Waals surface area contributed by atoms with Crippen molar-refractivity contribution in [3.8, 4) is 44.9 Å². The maximum Gasteiger partial charge on any atom is 0.198 e. The summed E-state index contributed by atoms with van der Waals surface area (Å²) >= 11 is 0. The Bertz CT molecular complexity index is 1230. The summed E-state index contributed by atoms with van der Waals surface area (Å²) in [5, 5.41) is 21.8. The van der Waals surface area contributed by atoms with E-state index in [9.17, 15) is 15.0 Å². The van der Waals surface area contributed by atoms with Crippen LogP contribution in [0, 0.1) is 0 Å². The van der Waals surface area contributed by atoms with Crippen molar-refractivity contribution in [1.82, 2.24) is 0 Å². The quantitative estimate of drug-likeness (QED) is 0.398. The molecule has 28 heavy (non-hydrogen) atoms. The van der Waals surface area contributed by atoms with E-state index in [-0.39, 0.29) is 22.8 Å². The number of hydrogen-bond acceptors (Lipinski definition) is 3. The fraction of sp³-hybridized carbons (Fsp3) is 0. The summed E-state index contributed by atoms with van der Waals surface area (Å²) in [5.41, 5.74) is 5.05. The first-order chi connectivity index (χ1) is 13.7. The van der Waals surface area contributed by atoms with E-state index in [0.717, 1.165) is 22.3 Å². The molecule has 0 radical (unpaired) electrons. The summed E-state index contributed by atoms with van der Waals surface area (Å²) in [5.74, 6) is -0.908. The molecule has 0 spiro atoms. The fourth-order valence-corrected chi connectivity index (χ4v) is 4.03. The molecular formula is C25H16O3. The van der Waals surface area contributed by atoms with Crippen LogP contribution < -0.4 is 0 Å². The van der Waals surface area contributed by atoms with Gasteiger partial charge < -0.3 is 10.2 Å². The lowest BCUT2D eigenvalue weighted by molar-refractivity contribution is 0.104. The van der Waals surface area contributed by atoms with Gasteiger partial charge in [0.2, 0.25) is 0 Å². The van der Waals surface area contributed by atoms with Crippen LogP contribution in [0.4, 0.5) is 0 Å². The Hall–Kier alpha value is -3.85. The molecule has 134 valence electrons. The molecule has 3 nitrogen and oxygen atoms in total. The molecule has 1 aliphatic carbocycles. The second-order valence-electron chi connectivity index (χ2n) is 6.80. The normalized spacial score (nSPS) is 11.9. The van der Waals surface area contributed by atoms with Crippen LogP contribution in [-0.4, -0.2) is 16.0 Å². The van der Waals surface area contributed by atoms with Gasteiger partial charge in [-0.1, -0.05) is 84.9 Å². The zero-order valence-corrected chi connectivity index (χ0v) is 14.9. The molecule has 0 saturated heterocycles. The van der Waals surface area contributed by atoms with Crippen molar-refractivity contribution in [3.63, 3.8) is 0 Å². The molecule has 4 aromatic rings. The number of hydrogen-bond donors (Lipinski definition) is 2. The van der Waals surface area contributed by atoms with Gasteiger partial charge in [0.1, 0.15) is 0 Å². The maximum atomic E-state index is 13.0. The standard InChI is InChI=1S/C25H16O3/c26-23-18-14-8-7-13-17(18)21-19(15-9-3-1-4-10-15)20(16-11-5-2-6-12-16)24(27)25(28)22(21)23/h1-14,27-28H. The van der Waals surface area contributed by atoms with Gasteiger partial charge in [0.15, 0.2) is 17.3 Å². The maximum absolute atomic E-state index is 13.0. The van der Waals surface area contributed by atoms with Crippen molar-refractivity contribution in [2.75, 3.05) is 0 Å². The highest BCUT2D eigenvalue weighted by atomic mass is 16.3. The number of fused-ring (bicyclic) bond motifs is 3. The molecule has 0 heterocycles. The number of aromatic hydroxyl groups is 2. The molecule has 0 aliphatic heterocycles. The second kappa shape index (κ2) is 6.10. The third-order valence-corrected chi connectivity index (χ3v) is 5.24. The van der Waals surface area contributed by atoms with E-state index in [1.807, 2.05) is 72.8 Å². The van der Waals surface area contributed by atoms with Crippen LogP contribution in [0.3, 0.4) is 0 Å². The molecule has 0 aromatic heterocycles. The van der Waals surface area contributed by atoms with E-state index < -0.39 is 0 Å². The SMILES string of the molecule is O=C1c2ccccc2-c2c1c(O)c(O)c(-c1ccccc1)c2-c1ccccc1. The summed E-state index contributed by atoms with van der Waals surface area (Å²) < 4.78 is 0. The van der Waals surface area contributed by atoms with Crippen LogP contribution in [0.5, 0.6) is 11.5 Å². The Morgan fingerprint density at radius 3 is 1.54 bits per heavy atom. The zero-order valence-electron chi connectivity index (χ0n) is 14.9. The van der Waals surface area contributed by atoms with Crippen LogP contribution in [0.15, 0.2) is 84.9 Å². The van der Waals surface area contributed by atoms with Crippen LogP contribution in [0.1, 0.15) is 15.9 Å². The third-order valence-electron chi connectivity index (χ3n) is 5.24. The van der Waals surface area contributed by atoms with E-state index in [1.165, 1.54) is 0 Å². The van der Waals surface area contributed by atoms with E-state index in [2.05, 4.69) is 0 Å². The number of ketones is 1. The molecule has 5 rings (SSSR count). The van der Waals surface area contributed by atoms with E-state index in [1.54, 1.807) is 12.1 Å². The van der Waals surface area contributed by atoms with Crippen LogP contribution in [0.25, 0.3) is 33.4 Å². The highest BCUT2D eigenvalue weighted by molar-refractivity contribution is 6.27. The van der Waals surface area contributed by atoms with Gasteiger partial charge in [-0.05, 0) is 16.7 Å². The molecule has 0 unspecified atom stereocenters. The molecular weight excluding hydrogens is 348 g/mol. The first-order valence-electron chi connectivity index (χ1n) is 9.05. The molecule has 4 aromatic carbocycles. The molecule has 0 atom stereocenters. The van der Waals surface area contributed by atoms with Crippen molar-refractivity contribution in [1.29, 1.82) is 0 Å². The molecule has 1 aliphatic rings. The highest BCUT2D eigenvalue weighted by Crippen LogP contribution is 2.55. The number of rotatable bonds is 2. The molecule has 0 fully saturated rings. The molecule has 0 amide bonds. The Labute approximate surface area is 162 Å². The summed E-state index contributed by atoms with van der Waals surface area (Å²) in [6.07, 6.45) is 0. The summed E-state index contributed by atoms with van der Waals surface area (Å²) in [6, 6.07) is 26.4. The van der Waals surface area contributed by atoms with Crippen LogP contribution in [0.2, 0.25) is 0 Å². The predicted molar refractivity (Wildman–Crippen MR) is 110 cm³/mol. The van der Waals surface area contributed by atoms with Gasteiger partial charge in [-0.3, -0.25) is 4.79 Å². The number of carbonyl (C=O) groups excluding carboxylic acids is 1. The minimum atomic E-state index is -0.366. The average molecular weight is 364 g/mol. The third kappa shape index (κ3) is 2.20. The second-order valence-corrected chi connectivity index (χ2v) is 6.80. The summed E-state index contributed by atoms with van der Waals surface area (Å²) in [4.78, 5) is 13.0. The summed E-state index contributed by atoms with van der Waals surface area (Å²) in [7, 11) is 0. The van der Waals surface area contributed by atoms with E-state index in [0.29, 0.717) is 16.7 Å². The molecule has 3 heteroatoms. The van der Waals surface area contributed by atoms with Crippen LogP contribution >= 0.6 is 0 Å². The first kappa shape index (κ1) is 16.3. The number of phenols is 2. The van der Waals surface area contributed by atoms with Gasteiger partial charge in [-0.15, -0.1) is 0 Å². The smallest absolute Gasteiger partial charge is 0.198 e. The lowest BCUT2D eigenvalue weighted by atomic mass is 9.86. The topological polar surface area (TPSA) is 57.5 Å². The highest BCUT2D eigenvalue weighted by Gasteiger charge is 2.36. The van der Waals surface area contributed by atoms with Crippen molar-refractivity contribution in [2.24, 2.45) is 0 Å². The number of carbonyl (C=O) groups is 1. The Kier molecular flexibility index (Phi) is 3.56. The Morgan fingerprint density at radius 1 is 0.464 bits per heavy atom. The van der Waals surface area contributed by atoms with Crippen LogP contribution in [-0.2, 0) is 0 Å². The van der Waals surface area contributed by atoms with E-state index in [4.69, 9.17) is 0 Å². The number of phenolic OH excluding ortho intramolecular Hbond substituents is 2. The molecule has 0 saturated carbocycles. The first-order valence-corrected chi connectivity index (χ1v) is 9.05. The Morgan fingerprint density at radius 2 is 0.929 bits per heavy atom. The van der Waals surface area contributed by atoms with E-state index >= 15 is 0 Å². The summed E-state index contributed by atoms with van der Waals surface area (Å²) in [6.45, 7) is 0. The predicted octanol–water partition coefficient (Wildman–Crippen LogP) is 5.64. The average Bonchev–Trinajstić information content (AvgIpc) is 3.04. The largest absolute Gasteiger partial charge is 0.504 e.